The van der Waals surface area contributed by atoms with E-state index < -0.39 is 11.9 Å². The van der Waals surface area contributed by atoms with Gasteiger partial charge in [-0.15, -0.1) is 0 Å². The van der Waals surface area contributed by atoms with Crippen molar-refractivity contribution in [2.75, 3.05) is 17.4 Å². The molecule has 8 nitrogen and oxygen atoms in total. The summed E-state index contributed by atoms with van der Waals surface area (Å²) >= 11 is 0. The number of rotatable bonds is 7. The van der Waals surface area contributed by atoms with Gasteiger partial charge in [0, 0.05) is 12.6 Å². The molecule has 32 heavy (non-hydrogen) atoms. The van der Waals surface area contributed by atoms with Gasteiger partial charge in [-0.25, -0.2) is 4.98 Å². The first kappa shape index (κ1) is 21.0. The quantitative estimate of drug-likeness (QED) is 0.608. The monoisotopic (exact) mass is 430 g/mol. The minimum absolute atomic E-state index is 0.0645. The SMILES string of the molecule is COc1ccc(Oc2ncccc2NC(=O)C2=NN(c3ccccc3)C(C(C)=O)C2)cc1. The summed E-state index contributed by atoms with van der Waals surface area (Å²) in [6, 6.07) is 19.2. The molecule has 1 aromatic heterocycles. The maximum Gasteiger partial charge on any atom is 0.272 e. The molecule has 2 heterocycles. The van der Waals surface area contributed by atoms with E-state index in [-0.39, 0.29) is 23.8 Å². The number of hydrogen-bond acceptors (Lipinski definition) is 7. The lowest BCUT2D eigenvalue weighted by atomic mass is 10.1. The molecule has 1 aliphatic rings. The van der Waals surface area contributed by atoms with Crippen molar-refractivity contribution in [1.82, 2.24) is 4.98 Å². The molecule has 1 amide bonds. The molecule has 0 saturated heterocycles. The van der Waals surface area contributed by atoms with Gasteiger partial charge in [-0.1, -0.05) is 18.2 Å². The molecular weight excluding hydrogens is 408 g/mol. The number of ether oxygens (including phenoxy) is 2. The van der Waals surface area contributed by atoms with E-state index in [0.717, 1.165) is 5.69 Å². The van der Waals surface area contributed by atoms with Crippen LogP contribution in [-0.2, 0) is 9.59 Å². The fourth-order valence-corrected chi connectivity index (χ4v) is 3.30. The number of amides is 1. The number of nitrogens with one attached hydrogen (secondary N) is 1. The molecule has 1 aliphatic heterocycles. The first-order valence-electron chi connectivity index (χ1n) is 10.1. The Hall–Kier alpha value is -4.20. The van der Waals surface area contributed by atoms with E-state index in [1.807, 2.05) is 30.3 Å². The Morgan fingerprint density at radius 1 is 1.00 bits per heavy atom. The van der Waals surface area contributed by atoms with Crippen LogP contribution in [-0.4, -0.2) is 35.5 Å². The van der Waals surface area contributed by atoms with Crippen molar-refractivity contribution in [2.45, 2.75) is 19.4 Å². The van der Waals surface area contributed by atoms with E-state index in [1.165, 1.54) is 6.92 Å². The molecular formula is C24H22N4O4. The maximum atomic E-state index is 13.0. The zero-order chi connectivity index (χ0) is 22.5. The molecule has 0 fully saturated rings. The Morgan fingerprint density at radius 2 is 1.72 bits per heavy atom. The summed E-state index contributed by atoms with van der Waals surface area (Å²) in [5.41, 5.74) is 1.40. The summed E-state index contributed by atoms with van der Waals surface area (Å²) in [5.74, 6) is 1.01. The summed E-state index contributed by atoms with van der Waals surface area (Å²) < 4.78 is 11.0. The number of carbonyl (C=O) groups excluding carboxylic acids is 2. The van der Waals surface area contributed by atoms with Crippen molar-refractivity contribution >= 4 is 28.8 Å². The van der Waals surface area contributed by atoms with Gasteiger partial charge in [0.2, 0.25) is 5.88 Å². The zero-order valence-electron chi connectivity index (χ0n) is 17.7. The molecule has 4 rings (SSSR count). The second-order valence-electron chi connectivity index (χ2n) is 7.15. The molecule has 3 aromatic rings. The Bertz CT molecular complexity index is 1150. The summed E-state index contributed by atoms with van der Waals surface area (Å²) in [6.45, 7) is 1.50. The first-order valence-corrected chi connectivity index (χ1v) is 10.1. The van der Waals surface area contributed by atoms with Crippen LogP contribution in [0, 0.1) is 0 Å². The minimum Gasteiger partial charge on any atom is -0.497 e. The van der Waals surface area contributed by atoms with Crippen LogP contribution in [0.1, 0.15) is 13.3 Å². The Balaban J connectivity index is 1.53. The Morgan fingerprint density at radius 3 is 2.41 bits per heavy atom. The van der Waals surface area contributed by atoms with Crippen LogP contribution in [0.2, 0.25) is 0 Å². The molecule has 0 radical (unpaired) electrons. The lowest BCUT2D eigenvalue weighted by molar-refractivity contribution is -0.118. The van der Waals surface area contributed by atoms with Gasteiger partial charge < -0.3 is 14.8 Å². The van der Waals surface area contributed by atoms with Crippen molar-refractivity contribution in [3.8, 4) is 17.4 Å². The summed E-state index contributed by atoms with van der Waals surface area (Å²) in [7, 11) is 1.59. The van der Waals surface area contributed by atoms with Crippen LogP contribution >= 0.6 is 0 Å². The van der Waals surface area contributed by atoms with E-state index >= 15 is 0 Å². The van der Waals surface area contributed by atoms with Crippen LogP contribution in [0.3, 0.4) is 0 Å². The van der Waals surface area contributed by atoms with E-state index in [0.29, 0.717) is 17.2 Å². The van der Waals surface area contributed by atoms with Gasteiger partial charge in [0.15, 0.2) is 5.78 Å². The summed E-state index contributed by atoms with van der Waals surface area (Å²) in [6.07, 6.45) is 1.79. The number of ketones is 1. The number of hydrogen-bond donors (Lipinski definition) is 1. The fraction of sp³-hybridized carbons (Fsp3) is 0.167. The summed E-state index contributed by atoms with van der Waals surface area (Å²) in [4.78, 5) is 29.4. The molecule has 1 atom stereocenters. The Kier molecular flexibility index (Phi) is 6.12. The van der Waals surface area contributed by atoms with Gasteiger partial charge in [-0.05, 0) is 55.5 Å². The van der Waals surface area contributed by atoms with Crippen molar-refractivity contribution < 1.29 is 19.1 Å². The highest BCUT2D eigenvalue weighted by Gasteiger charge is 2.34. The highest BCUT2D eigenvalue weighted by atomic mass is 16.5. The van der Waals surface area contributed by atoms with E-state index in [9.17, 15) is 9.59 Å². The number of hydrazone groups is 1. The van der Waals surface area contributed by atoms with Crippen LogP contribution in [0.25, 0.3) is 0 Å². The van der Waals surface area contributed by atoms with Crippen LogP contribution < -0.4 is 19.8 Å². The van der Waals surface area contributed by atoms with Crippen molar-refractivity contribution in [2.24, 2.45) is 5.10 Å². The molecule has 162 valence electrons. The molecule has 0 saturated carbocycles. The van der Waals surface area contributed by atoms with E-state index in [4.69, 9.17) is 9.47 Å². The number of nitrogens with zero attached hydrogens (tertiary/aromatic N) is 3. The average Bonchev–Trinajstić information content (AvgIpc) is 3.28. The molecule has 0 aliphatic carbocycles. The van der Waals surface area contributed by atoms with Gasteiger partial charge in [0.05, 0.1) is 12.8 Å². The lowest BCUT2D eigenvalue weighted by Gasteiger charge is -2.20. The smallest absolute Gasteiger partial charge is 0.272 e. The molecule has 1 unspecified atom stereocenters. The Labute approximate surface area is 185 Å². The van der Waals surface area contributed by atoms with E-state index in [1.54, 1.807) is 54.7 Å². The normalized spacial score (nSPS) is 15.1. The predicted molar refractivity (Wildman–Crippen MR) is 121 cm³/mol. The predicted octanol–water partition coefficient (Wildman–Crippen LogP) is 4.04. The molecule has 0 spiro atoms. The highest BCUT2D eigenvalue weighted by Crippen LogP contribution is 2.29. The summed E-state index contributed by atoms with van der Waals surface area (Å²) in [5, 5.41) is 8.83. The number of Topliss-reactive ketones (excluding diaryl/α,β-unsaturated/α-hetero) is 1. The largest absolute Gasteiger partial charge is 0.497 e. The number of carbonyl (C=O) groups is 2. The highest BCUT2D eigenvalue weighted by molar-refractivity contribution is 6.44. The standard InChI is InChI=1S/C24H22N4O4/c1-16(29)22-15-21(27-28(22)17-7-4-3-5-8-17)23(30)26-20-9-6-14-25-24(20)32-19-12-10-18(31-2)11-13-19/h3-14,22H,15H2,1-2H3,(H,26,30). The maximum absolute atomic E-state index is 13.0. The van der Waals surface area contributed by atoms with Gasteiger partial charge in [0.1, 0.15) is 28.9 Å². The first-order chi connectivity index (χ1) is 15.5. The number of anilines is 2. The second-order valence-corrected chi connectivity index (χ2v) is 7.15. The van der Waals surface area contributed by atoms with E-state index in [2.05, 4.69) is 15.4 Å². The van der Waals surface area contributed by atoms with Crippen molar-refractivity contribution in [3.63, 3.8) is 0 Å². The lowest BCUT2D eigenvalue weighted by Crippen LogP contribution is -2.33. The van der Waals surface area contributed by atoms with Crippen molar-refractivity contribution in [3.05, 3.63) is 72.9 Å². The fourth-order valence-electron chi connectivity index (χ4n) is 3.30. The topological polar surface area (TPSA) is 93.1 Å². The van der Waals surface area contributed by atoms with Gasteiger partial charge in [0.25, 0.3) is 5.91 Å². The van der Waals surface area contributed by atoms with Crippen molar-refractivity contribution in [1.29, 1.82) is 0 Å². The minimum atomic E-state index is -0.526. The molecule has 0 bridgehead atoms. The molecule has 8 heteroatoms. The van der Waals surface area contributed by atoms with Gasteiger partial charge >= 0.3 is 0 Å². The van der Waals surface area contributed by atoms with Gasteiger partial charge in [-0.2, -0.15) is 5.10 Å². The number of benzene rings is 2. The van der Waals surface area contributed by atoms with Crippen LogP contribution in [0.15, 0.2) is 78.0 Å². The second kappa shape index (κ2) is 9.30. The third-order valence-electron chi connectivity index (χ3n) is 4.96. The van der Waals surface area contributed by atoms with Gasteiger partial charge in [-0.3, -0.25) is 14.6 Å². The third-order valence-corrected chi connectivity index (χ3v) is 4.96. The number of methoxy groups -OCH3 is 1. The number of aromatic nitrogens is 1. The average molecular weight is 430 g/mol. The van der Waals surface area contributed by atoms with Crippen LogP contribution in [0.4, 0.5) is 11.4 Å². The third kappa shape index (κ3) is 4.59. The molecule has 1 N–H and O–H groups in total. The molecule has 2 aromatic carbocycles. The number of pyridine rings is 1. The number of para-hydroxylation sites is 1. The van der Waals surface area contributed by atoms with Crippen LogP contribution in [0.5, 0.6) is 17.4 Å². The zero-order valence-corrected chi connectivity index (χ0v) is 17.7.